The predicted octanol–water partition coefficient (Wildman–Crippen LogP) is 3.65. The number of benzene rings is 1. The van der Waals surface area contributed by atoms with Crippen LogP contribution >= 0.6 is 0 Å². The van der Waals surface area contributed by atoms with E-state index in [1.165, 1.54) is 5.56 Å². The highest BCUT2D eigenvalue weighted by Crippen LogP contribution is 2.35. The van der Waals surface area contributed by atoms with Crippen molar-refractivity contribution < 1.29 is 4.79 Å². The van der Waals surface area contributed by atoms with E-state index in [-0.39, 0.29) is 5.41 Å². The molecule has 0 aliphatic rings. The SMILES string of the molecule is CC(c1ccccc1)[C@H](C)C(C)(C)C=O. The van der Waals surface area contributed by atoms with E-state index in [2.05, 4.69) is 26.0 Å². The molecule has 0 aliphatic heterocycles. The van der Waals surface area contributed by atoms with Gasteiger partial charge in [-0.25, -0.2) is 0 Å². The van der Waals surface area contributed by atoms with Crippen molar-refractivity contribution in [2.24, 2.45) is 11.3 Å². The van der Waals surface area contributed by atoms with Crippen molar-refractivity contribution in [2.45, 2.75) is 33.6 Å². The van der Waals surface area contributed by atoms with Crippen molar-refractivity contribution in [3.8, 4) is 0 Å². The molecule has 0 radical (unpaired) electrons. The van der Waals surface area contributed by atoms with Gasteiger partial charge in [0.25, 0.3) is 0 Å². The van der Waals surface area contributed by atoms with E-state index in [1.54, 1.807) is 0 Å². The summed E-state index contributed by atoms with van der Waals surface area (Å²) in [6, 6.07) is 10.4. The third-order valence-corrected chi connectivity index (χ3v) is 3.55. The largest absolute Gasteiger partial charge is 0.303 e. The second-order valence-corrected chi connectivity index (χ2v) is 4.93. The van der Waals surface area contributed by atoms with Crippen LogP contribution in [0.1, 0.15) is 39.2 Å². The summed E-state index contributed by atoms with van der Waals surface area (Å²) in [7, 11) is 0. The van der Waals surface area contributed by atoms with Crippen LogP contribution in [0.3, 0.4) is 0 Å². The number of hydrogen-bond donors (Lipinski definition) is 0. The van der Waals surface area contributed by atoms with Gasteiger partial charge in [0, 0.05) is 5.41 Å². The fourth-order valence-corrected chi connectivity index (χ4v) is 1.80. The minimum Gasteiger partial charge on any atom is -0.303 e. The lowest BCUT2D eigenvalue weighted by atomic mass is 9.72. The molecular weight excluding hydrogens is 184 g/mol. The van der Waals surface area contributed by atoms with Crippen LogP contribution in [-0.2, 0) is 4.79 Å². The number of aldehydes is 1. The van der Waals surface area contributed by atoms with Gasteiger partial charge in [0.2, 0.25) is 0 Å². The Kier molecular flexibility index (Phi) is 3.67. The summed E-state index contributed by atoms with van der Waals surface area (Å²) in [5, 5.41) is 0. The summed E-state index contributed by atoms with van der Waals surface area (Å²) >= 11 is 0. The van der Waals surface area contributed by atoms with Crippen molar-refractivity contribution >= 4 is 6.29 Å². The standard InChI is InChI=1S/C14H20O/c1-11(12(2)14(3,4)10-15)13-8-6-5-7-9-13/h5-12H,1-4H3/t11?,12-/m0/s1. The first kappa shape index (κ1) is 12.0. The van der Waals surface area contributed by atoms with E-state index in [1.807, 2.05) is 32.0 Å². The van der Waals surface area contributed by atoms with Crippen LogP contribution in [-0.4, -0.2) is 6.29 Å². The summed E-state index contributed by atoms with van der Waals surface area (Å²) in [6.45, 7) is 8.34. The van der Waals surface area contributed by atoms with Crippen LogP contribution in [0.5, 0.6) is 0 Å². The van der Waals surface area contributed by atoms with Gasteiger partial charge in [-0.05, 0) is 17.4 Å². The van der Waals surface area contributed by atoms with Gasteiger partial charge >= 0.3 is 0 Å². The first-order chi connectivity index (χ1) is 6.99. The van der Waals surface area contributed by atoms with Crippen LogP contribution in [0, 0.1) is 11.3 Å². The van der Waals surface area contributed by atoms with Crippen molar-refractivity contribution in [2.75, 3.05) is 0 Å². The molecule has 2 atom stereocenters. The van der Waals surface area contributed by atoms with E-state index in [9.17, 15) is 4.79 Å². The fourth-order valence-electron chi connectivity index (χ4n) is 1.80. The Morgan fingerprint density at radius 1 is 1.13 bits per heavy atom. The van der Waals surface area contributed by atoms with Gasteiger partial charge in [-0.15, -0.1) is 0 Å². The molecule has 1 aromatic carbocycles. The van der Waals surface area contributed by atoms with E-state index < -0.39 is 0 Å². The summed E-state index contributed by atoms with van der Waals surface area (Å²) in [5.41, 5.74) is 1.05. The third kappa shape index (κ3) is 2.68. The molecule has 82 valence electrons. The van der Waals surface area contributed by atoms with Crippen LogP contribution in [0.4, 0.5) is 0 Å². The molecule has 1 rings (SSSR count). The Labute approximate surface area is 92.5 Å². The van der Waals surface area contributed by atoms with Gasteiger partial charge < -0.3 is 4.79 Å². The topological polar surface area (TPSA) is 17.1 Å². The maximum absolute atomic E-state index is 11.0. The second kappa shape index (κ2) is 4.61. The summed E-state index contributed by atoms with van der Waals surface area (Å²) < 4.78 is 0. The molecule has 0 N–H and O–H groups in total. The van der Waals surface area contributed by atoms with E-state index in [0.717, 1.165) is 6.29 Å². The van der Waals surface area contributed by atoms with E-state index in [4.69, 9.17) is 0 Å². The molecule has 0 spiro atoms. The molecule has 1 unspecified atom stereocenters. The van der Waals surface area contributed by atoms with Crippen molar-refractivity contribution in [3.05, 3.63) is 35.9 Å². The molecule has 1 aromatic rings. The molecule has 0 saturated heterocycles. The Morgan fingerprint density at radius 3 is 2.13 bits per heavy atom. The first-order valence-electron chi connectivity index (χ1n) is 5.50. The van der Waals surface area contributed by atoms with Gasteiger partial charge in [0.15, 0.2) is 0 Å². The molecule has 0 aromatic heterocycles. The number of rotatable bonds is 4. The van der Waals surface area contributed by atoms with E-state index in [0.29, 0.717) is 11.8 Å². The smallest absolute Gasteiger partial charge is 0.125 e. The monoisotopic (exact) mass is 204 g/mol. The Morgan fingerprint density at radius 2 is 1.67 bits per heavy atom. The summed E-state index contributed by atoms with van der Waals surface area (Å²) in [4.78, 5) is 11.0. The van der Waals surface area contributed by atoms with Gasteiger partial charge in [-0.1, -0.05) is 58.0 Å². The summed E-state index contributed by atoms with van der Waals surface area (Å²) in [6.07, 6.45) is 1.07. The zero-order valence-corrected chi connectivity index (χ0v) is 10.0. The highest BCUT2D eigenvalue weighted by atomic mass is 16.1. The highest BCUT2D eigenvalue weighted by molar-refractivity contribution is 5.58. The second-order valence-electron chi connectivity index (χ2n) is 4.93. The van der Waals surface area contributed by atoms with Gasteiger partial charge in [-0.2, -0.15) is 0 Å². The van der Waals surface area contributed by atoms with Crippen molar-refractivity contribution in [1.29, 1.82) is 0 Å². The maximum Gasteiger partial charge on any atom is 0.125 e. The summed E-state index contributed by atoms with van der Waals surface area (Å²) in [5.74, 6) is 0.754. The molecule has 1 nitrogen and oxygen atoms in total. The Bertz CT molecular complexity index is 313. The molecule has 0 saturated carbocycles. The normalized spacial score (nSPS) is 15.7. The molecule has 0 bridgehead atoms. The Balaban J connectivity index is 2.86. The molecule has 0 amide bonds. The Hall–Kier alpha value is -1.11. The average Bonchev–Trinajstić information content (AvgIpc) is 2.28. The lowest BCUT2D eigenvalue weighted by Gasteiger charge is -2.31. The molecular formula is C14H20O. The number of carbonyl (C=O) groups is 1. The highest BCUT2D eigenvalue weighted by Gasteiger charge is 2.30. The zero-order chi connectivity index (χ0) is 11.5. The number of hydrogen-bond acceptors (Lipinski definition) is 1. The van der Waals surface area contributed by atoms with Crippen LogP contribution in [0.25, 0.3) is 0 Å². The zero-order valence-electron chi connectivity index (χ0n) is 10.0. The third-order valence-electron chi connectivity index (χ3n) is 3.55. The lowest BCUT2D eigenvalue weighted by Crippen LogP contribution is -2.27. The predicted molar refractivity (Wildman–Crippen MR) is 63.9 cm³/mol. The quantitative estimate of drug-likeness (QED) is 0.684. The van der Waals surface area contributed by atoms with Crippen molar-refractivity contribution in [3.63, 3.8) is 0 Å². The first-order valence-corrected chi connectivity index (χ1v) is 5.50. The minimum atomic E-state index is -0.255. The van der Waals surface area contributed by atoms with Gasteiger partial charge in [-0.3, -0.25) is 0 Å². The van der Waals surface area contributed by atoms with Gasteiger partial charge in [0.05, 0.1) is 0 Å². The molecule has 0 fully saturated rings. The lowest BCUT2D eigenvalue weighted by molar-refractivity contribution is -0.117. The van der Waals surface area contributed by atoms with Crippen molar-refractivity contribution in [1.82, 2.24) is 0 Å². The molecule has 1 heteroatoms. The fraction of sp³-hybridized carbons (Fsp3) is 0.500. The van der Waals surface area contributed by atoms with Gasteiger partial charge in [0.1, 0.15) is 6.29 Å². The number of carbonyl (C=O) groups excluding carboxylic acids is 1. The average molecular weight is 204 g/mol. The molecule has 15 heavy (non-hydrogen) atoms. The van der Waals surface area contributed by atoms with Crippen LogP contribution in [0.2, 0.25) is 0 Å². The van der Waals surface area contributed by atoms with Crippen LogP contribution in [0.15, 0.2) is 30.3 Å². The van der Waals surface area contributed by atoms with E-state index >= 15 is 0 Å². The maximum atomic E-state index is 11.0. The van der Waals surface area contributed by atoms with Crippen LogP contribution < -0.4 is 0 Å². The minimum absolute atomic E-state index is 0.255. The molecule has 0 heterocycles. The molecule has 0 aliphatic carbocycles.